The lowest BCUT2D eigenvalue weighted by atomic mass is 9.81. The molecule has 0 aliphatic heterocycles. The molecule has 86 valence electrons. The molecule has 0 spiro atoms. The Labute approximate surface area is 90.2 Å². The zero-order valence-corrected chi connectivity index (χ0v) is 9.39. The second kappa shape index (κ2) is 4.92. The fourth-order valence-corrected chi connectivity index (χ4v) is 2.58. The Hall–Kier alpha value is -0.640. The first kappa shape index (κ1) is 12.4. The summed E-state index contributed by atoms with van der Waals surface area (Å²) in [5.74, 6) is -0.0450. The van der Waals surface area contributed by atoms with E-state index in [0.717, 1.165) is 6.42 Å². The van der Waals surface area contributed by atoms with Crippen LogP contribution in [0.2, 0.25) is 0 Å². The number of hydrogen-bond acceptors (Lipinski definition) is 4. The summed E-state index contributed by atoms with van der Waals surface area (Å²) in [6.07, 6.45) is 2.85. The van der Waals surface area contributed by atoms with Crippen molar-refractivity contribution in [2.75, 3.05) is 12.3 Å². The molecular weight excluding hydrogens is 216 g/mol. The van der Waals surface area contributed by atoms with Crippen molar-refractivity contribution in [1.29, 1.82) is 5.26 Å². The van der Waals surface area contributed by atoms with Crippen LogP contribution in [-0.4, -0.2) is 31.4 Å². The molecule has 1 fully saturated rings. The van der Waals surface area contributed by atoms with Crippen molar-refractivity contribution in [2.45, 2.75) is 37.7 Å². The summed E-state index contributed by atoms with van der Waals surface area (Å²) in [5.41, 5.74) is -0.831. The fourth-order valence-electron chi connectivity index (χ4n) is 1.42. The highest BCUT2D eigenvalue weighted by Crippen LogP contribution is 2.30. The summed E-state index contributed by atoms with van der Waals surface area (Å²) in [7, 11) is -3.32. The van der Waals surface area contributed by atoms with E-state index in [4.69, 9.17) is 5.26 Å². The monoisotopic (exact) mass is 232 g/mol. The van der Waals surface area contributed by atoms with Crippen LogP contribution in [0.5, 0.6) is 0 Å². The number of hydrogen-bond donors (Lipinski definition) is 2. The smallest absolute Gasteiger partial charge is 0.211 e. The Morgan fingerprint density at radius 2 is 2.13 bits per heavy atom. The Morgan fingerprint density at radius 3 is 2.60 bits per heavy atom. The second-order valence-electron chi connectivity index (χ2n) is 3.98. The molecule has 1 aliphatic carbocycles. The predicted octanol–water partition coefficient (Wildman–Crippen LogP) is 0.125. The molecule has 0 atom stereocenters. The second-order valence-corrected chi connectivity index (χ2v) is 5.91. The largest absolute Gasteiger partial charge is 0.389 e. The molecule has 0 aromatic carbocycles. The molecule has 1 rings (SSSR count). The van der Waals surface area contributed by atoms with Gasteiger partial charge in [0.15, 0.2) is 0 Å². The van der Waals surface area contributed by atoms with Gasteiger partial charge in [-0.15, -0.1) is 0 Å². The van der Waals surface area contributed by atoms with Crippen molar-refractivity contribution in [3.05, 3.63) is 0 Å². The van der Waals surface area contributed by atoms with Gasteiger partial charge in [-0.3, -0.25) is 0 Å². The van der Waals surface area contributed by atoms with E-state index >= 15 is 0 Å². The first-order chi connectivity index (χ1) is 6.97. The molecule has 0 heterocycles. The standard InChI is InChI=1S/C9H16N2O3S/c10-6-1-2-7-15(13,14)11-8-9(12)4-3-5-9/h11-12H,1-5,7-8H2. The molecule has 1 saturated carbocycles. The van der Waals surface area contributed by atoms with E-state index in [2.05, 4.69) is 4.72 Å². The highest BCUT2D eigenvalue weighted by atomic mass is 32.2. The van der Waals surface area contributed by atoms with Crippen molar-refractivity contribution in [1.82, 2.24) is 4.72 Å². The molecular formula is C9H16N2O3S. The lowest BCUT2D eigenvalue weighted by Crippen LogP contribution is -2.48. The maximum Gasteiger partial charge on any atom is 0.211 e. The van der Waals surface area contributed by atoms with Crippen LogP contribution in [0.1, 0.15) is 32.1 Å². The maximum atomic E-state index is 11.4. The van der Waals surface area contributed by atoms with Gasteiger partial charge in [0.05, 0.1) is 17.4 Å². The van der Waals surface area contributed by atoms with E-state index < -0.39 is 15.6 Å². The Balaban J connectivity index is 2.27. The molecule has 0 unspecified atom stereocenters. The summed E-state index contributed by atoms with van der Waals surface area (Å²) in [4.78, 5) is 0. The van der Waals surface area contributed by atoms with Crippen LogP contribution in [0.4, 0.5) is 0 Å². The first-order valence-electron chi connectivity index (χ1n) is 5.04. The van der Waals surface area contributed by atoms with E-state index in [9.17, 15) is 13.5 Å². The van der Waals surface area contributed by atoms with Crippen molar-refractivity contribution in [3.8, 4) is 6.07 Å². The minimum Gasteiger partial charge on any atom is -0.389 e. The summed E-state index contributed by atoms with van der Waals surface area (Å²) in [6, 6.07) is 1.89. The lowest BCUT2D eigenvalue weighted by molar-refractivity contribution is -0.0270. The van der Waals surface area contributed by atoms with Gasteiger partial charge in [0.2, 0.25) is 10.0 Å². The number of unbranched alkanes of at least 4 members (excludes halogenated alkanes) is 1. The van der Waals surface area contributed by atoms with Crippen LogP contribution in [0.15, 0.2) is 0 Å². The quantitative estimate of drug-likeness (QED) is 0.637. The predicted molar refractivity (Wildman–Crippen MR) is 55.4 cm³/mol. The summed E-state index contributed by atoms with van der Waals surface area (Å²) in [6.45, 7) is 0.0991. The minimum absolute atomic E-state index is 0.0450. The van der Waals surface area contributed by atoms with Crippen molar-refractivity contribution < 1.29 is 13.5 Å². The minimum atomic E-state index is -3.32. The number of sulfonamides is 1. The van der Waals surface area contributed by atoms with Crippen molar-refractivity contribution >= 4 is 10.0 Å². The average Bonchev–Trinajstić information content (AvgIpc) is 2.12. The van der Waals surface area contributed by atoms with Gasteiger partial charge >= 0.3 is 0 Å². The Kier molecular flexibility index (Phi) is 4.08. The lowest BCUT2D eigenvalue weighted by Gasteiger charge is -2.36. The van der Waals surface area contributed by atoms with Gasteiger partial charge in [-0.2, -0.15) is 5.26 Å². The zero-order chi connectivity index (χ0) is 11.4. The van der Waals surface area contributed by atoms with E-state index in [0.29, 0.717) is 19.3 Å². The number of aliphatic hydroxyl groups is 1. The topological polar surface area (TPSA) is 90.2 Å². The van der Waals surface area contributed by atoms with Gasteiger partial charge in [0.1, 0.15) is 0 Å². The molecule has 0 saturated heterocycles. The van der Waals surface area contributed by atoms with Crippen LogP contribution < -0.4 is 4.72 Å². The van der Waals surface area contributed by atoms with Gasteiger partial charge in [-0.25, -0.2) is 13.1 Å². The molecule has 1 aliphatic rings. The number of rotatable bonds is 6. The number of nitrogens with one attached hydrogen (secondary N) is 1. The van der Waals surface area contributed by atoms with E-state index in [1.807, 2.05) is 6.07 Å². The molecule has 0 amide bonds. The SMILES string of the molecule is N#CCCCS(=O)(=O)NCC1(O)CCC1. The zero-order valence-electron chi connectivity index (χ0n) is 8.57. The molecule has 5 nitrogen and oxygen atoms in total. The van der Waals surface area contributed by atoms with E-state index in [1.165, 1.54) is 0 Å². The van der Waals surface area contributed by atoms with Crippen LogP contribution in [0, 0.1) is 11.3 Å². The average molecular weight is 232 g/mol. The fraction of sp³-hybridized carbons (Fsp3) is 0.889. The number of nitriles is 1. The van der Waals surface area contributed by atoms with Crippen LogP contribution in [-0.2, 0) is 10.0 Å². The molecule has 0 aromatic heterocycles. The van der Waals surface area contributed by atoms with E-state index in [-0.39, 0.29) is 18.7 Å². The molecule has 6 heteroatoms. The third-order valence-corrected chi connectivity index (χ3v) is 4.02. The van der Waals surface area contributed by atoms with Crippen LogP contribution >= 0.6 is 0 Å². The summed E-state index contributed by atoms with van der Waals surface area (Å²) < 4.78 is 25.1. The number of nitrogens with zero attached hydrogens (tertiary/aromatic N) is 1. The van der Waals surface area contributed by atoms with Gasteiger partial charge in [0, 0.05) is 13.0 Å². The normalized spacial score (nSPS) is 19.2. The van der Waals surface area contributed by atoms with Gasteiger partial charge in [-0.1, -0.05) is 0 Å². The van der Waals surface area contributed by atoms with Gasteiger partial charge in [0.25, 0.3) is 0 Å². The molecule has 0 bridgehead atoms. The molecule has 2 N–H and O–H groups in total. The maximum absolute atomic E-state index is 11.4. The van der Waals surface area contributed by atoms with Crippen molar-refractivity contribution in [2.24, 2.45) is 0 Å². The van der Waals surface area contributed by atoms with Gasteiger partial charge < -0.3 is 5.11 Å². The third-order valence-electron chi connectivity index (χ3n) is 2.61. The van der Waals surface area contributed by atoms with E-state index in [1.54, 1.807) is 0 Å². The van der Waals surface area contributed by atoms with Crippen LogP contribution in [0.25, 0.3) is 0 Å². The van der Waals surface area contributed by atoms with Crippen molar-refractivity contribution in [3.63, 3.8) is 0 Å². The van der Waals surface area contributed by atoms with Crippen LogP contribution in [0.3, 0.4) is 0 Å². The highest BCUT2D eigenvalue weighted by Gasteiger charge is 2.35. The highest BCUT2D eigenvalue weighted by molar-refractivity contribution is 7.89. The Morgan fingerprint density at radius 1 is 1.47 bits per heavy atom. The Bertz CT molecular complexity index is 341. The summed E-state index contributed by atoms with van der Waals surface area (Å²) in [5, 5.41) is 17.9. The first-order valence-corrected chi connectivity index (χ1v) is 6.69. The third kappa shape index (κ3) is 4.16. The van der Waals surface area contributed by atoms with Gasteiger partial charge in [-0.05, 0) is 25.7 Å². The molecule has 0 radical (unpaired) electrons. The molecule has 15 heavy (non-hydrogen) atoms. The molecule has 0 aromatic rings. The summed E-state index contributed by atoms with van der Waals surface area (Å²) >= 11 is 0.